The van der Waals surface area contributed by atoms with Crippen molar-refractivity contribution in [3.05, 3.63) is 41.8 Å². The number of nitrogens with two attached hydrogens (primary N) is 1. The van der Waals surface area contributed by atoms with Crippen molar-refractivity contribution >= 4 is 35.1 Å². The summed E-state index contributed by atoms with van der Waals surface area (Å²) in [4.78, 5) is 20.5. The number of amides is 1. The molecule has 0 radical (unpaired) electrons. The van der Waals surface area contributed by atoms with E-state index in [2.05, 4.69) is 32.7 Å². The van der Waals surface area contributed by atoms with Gasteiger partial charge in [0.25, 0.3) is 0 Å². The quantitative estimate of drug-likeness (QED) is 0.683. The first-order chi connectivity index (χ1) is 13.6. The van der Waals surface area contributed by atoms with Gasteiger partial charge in [0.05, 0.1) is 12.1 Å². The summed E-state index contributed by atoms with van der Waals surface area (Å²) in [5.41, 5.74) is 7.82. The van der Waals surface area contributed by atoms with Gasteiger partial charge in [0.1, 0.15) is 0 Å². The first-order valence-corrected chi connectivity index (χ1v) is 10.7. The summed E-state index contributed by atoms with van der Waals surface area (Å²) in [6.07, 6.45) is 4.09. The van der Waals surface area contributed by atoms with Gasteiger partial charge in [0.15, 0.2) is 11.6 Å². The highest BCUT2D eigenvalue weighted by molar-refractivity contribution is 7.99. The maximum absolute atomic E-state index is 14.4. The number of hydrogen-bond donors (Lipinski definition) is 3. The average molecular weight is 399 g/mol. The lowest BCUT2D eigenvalue weighted by Gasteiger charge is -2.35. The highest BCUT2D eigenvalue weighted by Gasteiger charge is 2.55. The Hall–Kier alpha value is -2.35. The third kappa shape index (κ3) is 3.09. The molecule has 2 aromatic rings. The molecule has 6 nitrogen and oxygen atoms in total. The van der Waals surface area contributed by atoms with Crippen molar-refractivity contribution in [2.75, 3.05) is 16.4 Å². The van der Waals surface area contributed by atoms with Crippen LogP contribution >= 0.6 is 11.8 Å². The van der Waals surface area contributed by atoms with E-state index in [4.69, 9.17) is 5.73 Å². The summed E-state index contributed by atoms with van der Waals surface area (Å²) in [7, 11) is 0. The number of carbonyl (C=O) groups is 1. The SMILES string of the molecule is NC(=O)C1C2CC3SCCc4cccc(c4)Nc4ncc(F)c(n4)NC1C3C2. The lowest BCUT2D eigenvalue weighted by atomic mass is 9.83. The number of halogens is 1. The third-order valence-electron chi connectivity index (χ3n) is 6.23. The molecular formula is C20H22FN5OS. The first-order valence-electron chi connectivity index (χ1n) is 9.64. The van der Waals surface area contributed by atoms with E-state index >= 15 is 0 Å². The number of benzene rings is 1. The number of nitrogens with one attached hydrogen (secondary N) is 2. The standard InChI is InChI=1S/C20H22FN5OS/c21-14-9-23-20-24-12-3-1-2-10(6-12)4-5-28-15-8-11-7-13(15)17(16(11)18(22)27)25-19(14)26-20/h1-3,6,9,11,13,15-17H,4-5,7-8H2,(H2,22,27)(H2,23,24,25,26). The lowest BCUT2D eigenvalue weighted by Crippen LogP contribution is -2.46. The summed E-state index contributed by atoms with van der Waals surface area (Å²) < 4.78 is 14.4. The minimum Gasteiger partial charge on any atom is -0.369 e. The van der Waals surface area contributed by atoms with Crippen LogP contribution in [-0.4, -0.2) is 32.9 Å². The molecule has 2 saturated carbocycles. The van der Waals surface area contributed by atoms with Gasteiger partial charge < -0.3 is 16.4 Å². The van der Waals surface area contributed by atoms with Crippen LogP contribution in [0, 0.1) is 23.6 Å². The number of nitrogens with zero attached hydrogens (tertiary/aromatic N) is 2. The fourth-order valence-electron chi connectivity index (χ4n) is 5.05. The Kier molecular flexibility index (Phi) is 4.38. The zero-order valence-electron chi connectivity index (χ0n) is 15.3. The van der Waals surface area contributed by atoms with Gasteiger partial charge >= 0.3 is 0 Å². The number of thioether (sulfide) groups is 1. The molecule has 1 aromatic carbocycles. The summed E-state index contributed by atoms with van der Waals surface area (Å²) >= 11 is 1.96. The molecular weight excluding hydrogens is 377 g/mol. The Morgan fingerprint density at radius 3 is 3.07 bits per heavy atom. The predicted octanol–water partition coefficient (Wildman–Crippen LogP) is 2.94. The molecule has 1 amide bonds. The summed E-state index contributed by atoms with van der Waals surface area (Å²) in [5.74, 6) is 0.888. The second-order valence-corrected chi connectivity index (χ2v) is 9.22. The topological polar surface area (TPSA) is 92.9 Å². The van der Waals surface area contributed by atoms with E-state index in [9.17, 15) is 9.18 Å². The number of anilines is 3. The van der Waals surface area contributed by atoms with E-state index < -0.39 is 5.82 Å². The molecule has 5 unspecified atom stereocenters. The summed E-state index contributed by atoms with van der Waals surface area (Å²) in [6.45, 7) is 0. The maximum atomic E-state index is 14.4. The maximum Gasteiger partial charge on any atom is 0.229 e. The minimum atomic E-state index is -0.526. The molecule has 4 N–H and O–H groups in total. The van der Waals surface area contributed by atoms with Gasteiger partial charge in [-0.05, 0) is 54.5 Å². The van der Waals surface area contributed by atoms with Gasteiger partial charge in [-0.2, -0.15) is 16.7 Å². The minimum absolute atomic E-state index is 0.123. The molecule has 1 aromatic heterocycles. The fraction of sp³-hybridized carbons (Fsp3) is 0.450. The highest BCUT2D eigenvalue weighted by Crippen LogP contribution is 2.53. The Bertz CT molecular complexity index is 925. The van der Waals surface area contributed by atoms with Crippen molar-refractivity contribution in [3.8, 4) is 0 Å². The molecule has 5 atom stereocenters. The molecule has 0 spiro atoms. The molecule has 8 heteroatoms. The Morgan fingerprint density at radius 2 is 2.21 bits per heavy atom. The number of rotatable bonds is 1. The van der Waals surface area contributed by atoms with Crippen LogP contribution in [0.3, 0.4) is 0 Å². The van der Waals surface area contributed by atoms with E-state index in [0.29, 0.717) is 11.2 Å². The zero-order valence-corrected chi connectivity index (χ0v) is 16.1. The van der Waals surface area contributed by atoms with Crippen LogP contribution in [0.25, 0.3) is 0 Å². The molecule has 6 bridgehead atoms. The van der Waals surface area contributed by atoms with Crippen molar-refractivity contribution in [1.29, 1.82) is 0 Å². The molecule has 28 heavy (non-hydrogen) atoms. The number of aryl methyl sites for hydroxylation is 1. The molecule has 2 aliphatic carbocycles. The molecule has 2 heterocycles. The van der Waals surface area contributed by atoms with Crippen LogP contribution in [-0.2, 0) is 11.2 Å². The van der Waals surface area contributed by atoms with E-state index in [0.717, 1.165) is 36.9 Å². The van der Waals surface area contributed by atoms with Crippen LogP contribution in [0.5, 0.6) is 0 Å². The molecule has 2 fully saturated rings. The van der Waals surface area contributed by atoms with Crippen molar-refractivity contribution in [1.82, 2.24) is 9.97 Å². The predicted molar refractivity (Wildman–Crippen MR) is 108 cm³/mol. The average Bonchev–Trinajstić information content (AvgIpc) is 3.22. The monoisotopic (exact) mass is 399 g/mol. The van der Waals surface area contributed by atoms with Crippen LogP contribution in [0.4, 0.5) is 21.8 Å². The fourth-order valence-corrected chi connectivity index (χ4v) is 6.61. The number of fused-ring (bicyclic) bond motifs is 5. The number of hydrogen-bond acceptors (Lipinski definition) is 6. The van der Waals surface area contributed by atoms with Crippen LogP contribution in [0.2, 0.25) is 0 Å². The molecule has 3 aliphatic rings. The Morgan fingerprint density at radius 1 is 1.32 bits per heavy atom. The van der Waals surface area contributed by atoms with E-state index in [1.54, 1.807) is 0 Å². The second-order valence-electron chi connectivity index (χ2n) is 7.87. The normalized spacial score (nSPS) is 30.8. The van der Waals surface area contributed by atoms with Crippen LogP contribution in [0.15, 0.2) is 30.5 Å². The highest BCUT2D eigenvalue weighted by atomic mass is 32.2. The van der Waals surface area contributed by atoms with Gasteiger partial charge in [-0.3, -0.25) is 4.79 Å². The number of carbonyl (C=O) groups excluding carboxylic acids is 1. The van der Waals surface area contributed by atoms with Gasteiger partial charge in [0.2, 0.25) is 11.9 Å². The van der Waals surface area contributed by atoms with Crippen LogP contribution < -0.4 is 16.4 Å². The van der Waals surface area contributed by atoms with Crippen molar-refractivity contribution in [2.45, 2.75) is 30.6 Å². The zero-order chi connectivity index (χ0) is 19.3. The van der Waals surface area contributed by atoms with Gasteiger partial charge in [-0.25, -0.2) is 9.37 Å². The first kappa shape index (κ1) is 17.7. The van der Waals surface area contributed by atoms with E-state index in [-0.39, 0.29) is 35.5 Å². The van der Waals surface area contributed by atoms with Gasteiger partial charge in [0, 0.05) is 17.0 Å². The molecule has 0 saturated heterocycles. The number of primary amides is 1. The lowest BCUT2D eigenvalue weighted by molar-refractivity contribution is -0.123. The Labute approximate surface area is 166 Å². The van der Waals surface area contributed by atoms with Gasteiger partial charge in [-0.15, -0.1) is 0 Å². The molecule has 1 aliphatic heterocycles. The van der Waals surface area contributed by atoms with Gasteiger partial charge in [-0.1, -0.05) is 12.1 Å². The summed E-state index contributed by atoms with van der Waals surface area (Å²) in [6, 6.07) is 7.95. The Balaban J connectivity index is 1.54. The molecule has 5 rings (SSSR count). The number of aromatic nitrogens is 2. The van der Waals surface area contributed by atoms with Crippen molar-refractivity contribution < 1.29 is 9.18 Å². The van der Waals surface area contributed by atoms with Crippen molar-refractivity contribution in [3.63, 3.8) is 0 Å². The van der Waals surface area contributed by atoms with E-state index in [1.807, 2.05) is 23.9 Å². The summed E-state index contributed by atoms with van der Waals surface area (Å²) in [5, 5.41) is 6.82. The largest absolute Gasteiger partial charge is 0.369 e. The van der Waals surface area contributed by atoms with Crippen molar-refractivity contribution in [2.24, 2.45) is 23.5 Å². The smallest absolute Gasteiger partial charge is 0.229 e. The van der Waals surface area contributed by atoms with Crippen LogP contribution in [0.1, 0.15) is 18.4 Å². The van der Waals surface area contributed by atoms with E-state index in [1.165, 1.54) is 5.56 Å². The second kappa shape index (κ2) is 6.92. The molecule has 146 valence electrons. The third-order valence-corrected chi connectivity index (χ3v) is 7.64.